The molecular weight excluding hydrogens is 238 g/mol. The third-order valence-electron chi connectivity index (χ3n) is 4.42. The molecule has 106 valence electrons. The number of piperidine rings is 1. The van der Waals surface area contributed by atoms with Crippen LogP contribution in [0, 0.1) is 12.8 Å². The van der Waals surface area contributed by atoms with Crippen LogP contribution in [0.4, 0.5) is 0 Å². The van der Waals surface area contributed by atoms with E-state index in [1.54, 1.807) is 0 Å². The number of nitrogens with one attached hydrogen (secondary N) is 1. The molecule has 0 spiro atoms. The van der Waals surface area contributed by atoms with Crippen LogP contribution in [-0.4, -0.2) is 45.3 Å². The predicted molar refractivity (Wildman–Crippen MR) is 74.8 cm³/mol. The lowest BCUT2D eigenvalue weighted by Crippen LogP contribution is -2.40. The van der Waals surface area contributed by atoms with E-state index in [9.17, 15) is 0 Å². The molecule has 1 N–H and O–H groups in total. The summed E-state index contributed by atoms with van der Waals surface area (Å²) < 4.78 is 2.10. The van der Waals surface area contributed by atoms with Crippen LogP contribution < -0.4 is 5.32 Å². The minimum atomic E-state index is 0.809. The van der Waals surface area contributed by atoms with Crippen LogP contribution in [0.1, 0.15) is 37.3 Å². The molecule has 2 aliphatic rings. The molecule has 0 amide bonds. The molecule has 1 aliphatic carbocycles. The maximum atomic E-state index is 4.27. The van der Waals surface area contributed by atoms with E-state index in [1.165, 1.54) is 45.3 Å². The van der Waals surface area contributed by atoms with Gasteiger partial charge in [0, 0.05) is 19.6 Å². The fourth-order valence-corrected chi connectivity index (χ4v) is 2.87. The second-order valence-electron chi connectivity index (χ2n) is 6.15. The maximum absolute atomic E-state index is 4.27. The first-order chi connectivity index (χ1) is 9.22. The number of nitrogens with zero attached hydrogens (tertiary/aromatic N) is 4. The minimum absolute atomic E-state index is 0.809. The smallest absolute Gasteiger partial charge is 0.146 e. The van der Waals surface area contributed by atoms with Gasteiger partial charge in [0.15, 0.2) is 0 Å². The van der Waals surface area contributed by atoms with Gasteiger partial charge >= 0.3 is 0 Å². The highest BCUT2D eigenvalue weighted by molar-refractivity contribution is 4.93. The highest BCUT2D eigenvalue weighted by atomic mass is 15.3. The van der Waals surface area contributed by atoms with E-state index in [1.807, 2.05) is 6.92 Å². The summed E-state index contributed by atoms with van der Waals surface area (Å²) in [5.41, 5.74) is 0. The first-order valence-electron chi connectivity index (χ1n) is 7.53. The fourth-order valence-electron chi connectivity index (χ4n) is 2.87. The van der Waals surface area contributed by atoms with Crippen LogP contribution >= 0.6 is 0 Å². The van der Waals surface area contributed by atoms with Gasteiger partial charge in [-0.05, 0) is 51.6 Å². The molecule has 19 heavy (non-hydrogen) atoms. The Labute approximate surface area is 115 Å². The van der Waals surface area contributed by atoms with Crippen molar-refractivity contribution < 1.29 is 0 Å². The monoisotopic (exact) mass is 263 g/mol. The van der Waals surface area contributed by atoms with Gasteiger partial charge in [-0.15, -0.1) is 10.2 Å². The largest absolute Gasteiger partial charge is 0.317 e. The molecule has 2 fully saturated rings. The number of aromatic nitrogens is 3. The van der Waals surface area contributed by atoms with Crippen LogP contribution in [0.25, 0.3) is 0 Å². The number of hydrogen-bond acceptors (Lipinski definition) is 4. The summed E-state index contributed by atoms with van der Waals surface area (Å²) in [6.07, 6.45) is 5.45. The number of hydrogen-bond donors (Lipinski definition) is 1. The quantitative estimate of drug-likeness (QED) is 0.864. The standard InChI is InChI=1S/C14H25N5/c1-11-16-17-14(18(11)2)10-19-7-3-4-12(9-19)8-15-13-5-6-13/h12-13,15H,3-10H2,1-2H3. The molecule has 1 atom stereocenters. The Morgan fingerprint density at radius 1 is 1.26 bits per heavy atom. The highest BCUT2D eigenvalue weighted by Crippen LogP contribution is 2.22. The molecule has 5 heteroatoms. The van der Waals surface area contributed by atoms with Gasteiger partial charge in [0.25, 0.3) is 0 Å². The van der Waals surface area contributed by atoms with E-state index in [4.69, 9.17) is 0 Å². The summed E-state index contributed by atoms with van der Waals surface area (Å²) in [4.78, 5) is 2.53. The lowest BCUT2D eigenvalue weighted by atomic mass is 9.98. The van der Waals surface area contributed by atoms with Gasteiger partial charge in [0.1, 0.15) is 11.6 Å². The van der Waals surface area contributed by atoms with Crippen molar-refractivity contribution in [2.24, 2.45) is 13.0 Å². The summed E-state index contributed by atoms with van der Waals surface area (Å²) in [5.74, 6) is 2.90. The van der Waals surface area contributed by atoms with E-state index in [0.29, 0.717) is 0 Å². The molecule has 1 aliphatic heterocycles. The van der Waals surface area contributed by atoms with Crippen LogP contribution in [0.3, 0.4) is 0 Å². The van der Waals surface area contributed by atoms with Crippen molar-refractivity contribution in [3.8, 4) is 0 Å². The normalized spacial score (nSPS) is 24.8. The Balaban J connectivity index is 1.51. The van der Waals surface area contributed by atoms with E-state index in [-0.39, 0.29) is 0 Å². The lowest BCUT2D eigenvalue weighted by Gasteiger charge is -2.32. The Hall–Kier alpha value is -0.940. The molecule has 1 unspecified atom stereocenters. The molecule has 1 aromatic heterocycles. The Bertz CT molecular complexity index is 423. The molecule has 2 heterocycles. The Morgan fingerprint density at radius 2 is 2.11 bits per heavy atom. The topological polar surface area (TPSA) is 46.0 Å². The molecule has 0 aromatic carbocycles. The van der Waals surface area contributed by atoms with Crippen LogP contribution in [0.5, 0.6) is 0 Å². The molecule has 3 rings (SSSR count). The molecule has 1 aromatic rings. The van der Waals surface area contributed by atoms with Gasteiger partial charge in [-0.3, -0.25) is 4.90 Å². The third-order valence-corrected chi connectivity index (χ3v) is 4.42. The van der Waals surface area contributed by atoms with Crippen LogP contribution in [0.2, 0.25) is 0 Å². The molecule has 0 bridgehead atoms. The van der Waals surface area contributed by atoms with Crippen molar-refractivity contribution >= 4 is 0 Å². The van der Waals surface area contributed by atoms with E-state index < -0.39 is 0 Å². The van der Waals surface area contributed by atoms with Crippen molar-refractivity contribution in [3.05, 3.63) is 11.6 Å². The van der Waals surface area contributed by atoms with Gasteiger partial charge in [0.2, 0.25) is 0 Å². The second-order valence-corrected chi connectivity index (χ2v) is 6.15. The van der Waals surface area contributed by atoms with Crippen molar-refractivity contribution in [3.63, 3.8) is 0 Å². The summed E-state index contributed by atoms with van der Waals surface area (Å²) in [7, 11) is 2.06. The third kappa shape index (κ3) is 3.34. The summed E-state index contributed by atoms with van der Waals surface area (Å²) in [5, 5.41) is 12.1. The van der Waals surface area contributed by atoms with Crippen molar-refractivity contribution in [2.45, 2.75) is 45.2 Å². The number of likely N-dealkylation sites (tertiary alicyclic amines) is 1. The Kier molecular flexibility index (Phi) is 3.84. The van der Waals surface area contributed by atoms with Gasteiger partial charge in [0.05, 0.1) is 6.54 Å². The number of aryl methyl sites for hydroxylation is 1. The molecule has 0 radical (unpaired) electrons. The van der Waals surface area contributed by atoms with Crippen molar-refractivity contribution in [2.75, 3.05) is 19.6 Å². The average Bonchev–Trinajstić information content (AvgIpc) is 3.20. The molecule has 1 saturated heterocycles. The second kappa shape index (κ2) is 5.59. The number of rotatable bonds is 5. The Morgan fingerprint density at radius 3 is 2.79 bits per heavy atom. The summed E-state index contributed by atoms with van der Waals surface area (Å²) >= 11 is 0. The molecule has 1 saturated carbocycles. The van der Waals surface area contributed by atoms with Gasteiger partial charge in [-0.25, -0.2) is 0 Å². The molecule has 5 nitrogen and oxygen atoms in total. The summed E-state index contributed by atoms with van der Waals surface area (Å²) in [6.45, 7) is 6.54. The minimum Gasteiger partial charge on any atom is -0.317 e. The van der Waals surface area contributed by atoms with Gasteiger partial charge in [-0.1, -0.05) is 0 Å². The van der Waals surface area contributed by atoms with E-state index >= 15 is 0 Å². The van der Waals surface area contributed by atoms with E-state index in [2.05, 4.69) is 32.0 Å². The van der Waals surface area contributed by atoms with Crippen molar-refractivity contribution in [1.29, 1.82) is 0 Å². The lowest BCUT2D eigenvalue weighted by molar-refractivity contribution is 0.160. The van der Waals surface area contributed by atoms with Crippen LogP contribution in [-0.2, 0) is 13.6 Å². The zero-order valence-corrected chi connectivity index (χ0v) is 12.1. The summed E-state index contributed by atoms with van der Waals surface area (Å²) in [6, 6.07) is 0.830. The maximum Gasteiger partial charge on any atom is 0.146 e. The average molecular weight is 263 g/mol. The molecular formula is C14H25N5. The van der Waals surface area contributed by atoms with E-state index in [0.717, 1.165) is 30.2 Å². The van der Waals surface area contributed by atoms with Gasteiger partial charge in [-0.2, -0.15) is 0 Å². The van der Waals surface area contributed by atoms with Crippen LogP contribution in [0.15, 0.2) is 0 Å². The first-order valence-corrected chi connectivity index (χ1v) is 7.53. The zero-order valence-electron chi connectivity index (χ0n) is 12.1. The highest BCUT2D eigenvalue weighted by Gasteiger charge is 2.25. The fraction of sp³-hybridized carbons (Fsp3) is 0.857. The first kappa shape index (κ1) is 13.1. The van der Waals surface area contributed by atoms with Crippen molar-refractivity contribution in [1.82, 2.24) is 25.0 Å². The zero-order chi connectivity index (χ0) is 13.2. The van der Waals surface area contributed by atoms with Gasteiger partial charge < -0.3 is 9.88 Å². The SMILES string of the molecule is Cc1nnc(CN2CCCC(CNC3CC3)C2)n1C. The predicted octanol–water partition coefficient (Wildman–Crippen LogP) is 1.09.